The highest BCUT2D eigenvalue weighted by atomic mass is 16.2. The molecule has 1 N–H and O–H groups in total. The molecule has 3 heteroatoms. The maximum Gasteiger partial charge on any atom is 0.226 e. The van der Waals surface area contributed by atoms with Gasteiger partial charge in [-0.05, 0) is 12.8 Å². The number of ketones is 1. The van der Waals surface area contributed by atoms with Crippen molar-refractivity contribution < 1.29 is 9.59 Å². The molecule has 2 rings (SSSR count). The number of amides is 1. The Kier molecular flexibility index (Phi) is 3.80. The van der Waals surface area contributed by atoms with Crippen molar-refractivity contribution in [3.63, 3.8) is 0 Å². The van der Waals surface area contributed by atoms with E-state index in [1.807, 2.05) is 25.1 Å². The van der Waals surface area contributed by atoms with Crippen LogP contribution in [0.4, 0.5) is 0 Å². The van der Waals surface area contributed by atoms with Gasteiger partial charge in [0.15, 0.2) is 5.78 Å². The van der Waals surface area contributed by atoms with Gasteiger partial charge in [-0.1, -0.05) is 50.1 Å². The highest BCUT2D eigenvalue weighted by Gasteiger charge is 2.36. The summed E-state index contributed by atoms with van der Waals surface area (Å²) >= 11 is 0. The first-order valence-corrected chi connectivity index (χ1v) is 6.48. The Morgan fingerprint density at radius 1 is 1.17 bits per heavy atom. The molecule has 0 atom stereocenters. The molecule has 18 heavy (non-hydrogen) atoms. The van der Waals surface area contributed by atoms with Gasteiger partial charge in [0.2, 0.25) is 5.91 Å². The van der Waals surface area contributed by atoms with Gasteiger partial charge in [-0.2, -0.15) is 0 Å². The number of nitrogens with one attached hydrogen (secondary N) is 1. The quantitative estimate of drug-likeness (QED) is 0.829. The van der Waals surface area contributed by atoms with E-state index < -0.39 is 0 Å². The number of Topliss-reactive ketones (excluding diaryl/α,β-unsaturated/α-hetero) is 1. The van der Waals surface area contributed by atoms with Crippen LogP contribution in [0.15, 0.2) is 30.3 Å². The molecule has 1 aromatic carbocycles. The summed E-state index contributed by atoms with van der Waals surface area (Å²) in [6.07, 6.45) is 4.07. The van der Waals surface area contributed by atoms with Crippen LogP contribution in [0.3, 0.4) is 0 Å². The summed E-state index contributed by atoms with van der Waals surface area (Å²) in [6, 6.07) is 9.06. The largest absolute Gasteiger partial charge is 0.348 e. The van der Waals surface area contributed by atoms with Crippen molar-refractivity contribution in [2.24, 2.45) is 5.41 Å². The monoisotopic (exact) mass is 245 g/mol. The Labute approximate surface area is 108 Å². The fourth-order valence-corrected chi connectivity index (χ4v) is 2.48. The first-order valence-electron chi connectivity index (χ1n) is 6.48. The van der Waals surface area contributed by atoms with Gasteiger partial charge in [-0.15, -0.1) is 0 Å². The van der Waals surface area contributed by atoms with Crippen molar-refractivity contribution in [3.05, 3.63) is 35.9 Å². The Morgan fingerprint density at radius 3 is 2.39 bits per heavy atom. The third-order valence-corrected chi connectivity index (χ3v) is 3.76. The van der Waals surface area contributed by atoms with Gasteiger partial charge in [0.1, 0.15) is 0 Å². The number of carbonyl (C=O) groups excluding carboxylic acids is 2. The van der Waals surface area contributed by atoms with Gasteiger partial charge < -0.3 is 5.32 Å². The lowest BCUT2D eigenvalue weighted by molar-refractivity contribution is -0.129. The average Bonchev–Trinajstić information content (AvgIpc) is 2.85. The number of hydrogen-bond acceptors (Lipinski definition) is 2. The topological polar surface area (TPSA) is 46.2 Å². The normalized spacial score (nSPS) is 17.4. The van der Waals surface area contributed by atoms with E-state index >= 15 is 0 Å². The van der Waals surface area contributed by atoms with E-state index in [-0.39, 0.29) is 23.7 Å². The highest BCUT2D eigenvalue weighted by Crippen LogP contribution is 2.37. The van der Waals surface area contributed by atoms with Crippen LogP contribution < -0.4 is 5.32 Å². The lowest BCUT2D eigenvalue weighted by atomic mass is 9.88. The second-order valence-corrected chi connectivity index (χ2v) is 5.24. The minimum atomic E-state index is -0.267. The van der Waals surface area contributed by atoms with E-state index in [0.717, 1.165) is 25.7 Å². The molecule has 96 valence electrons. The minimum Gasteiger partial charge on any atom is -0.348 e. The molecule has 1 saturated carbocycles. The molecule has 0 spiro atoms. The summed E-state index contributed by atoms with van der Waals surface area (Å²) in [5.41, 5.74) is 0.381. The van der Waals surface area contributed by atoms with Crippen molar-refractivity contribution in [1.82, 2.24) is 5.32 Å². The predicted octanol–water partition coefficient (Wildman–Crippen LogP) is 2.57. The summed E-state index contributed by atoms with van der Waals surface area (Å²) in [4.78, 5) is 23.9. The van der Waals surface area contributed by atoms with Crippen molar-refractivity contribution in [2.75, 3.05) is 6.54 Å². The number of benzene rings is 1. The number of rotatable bonds is 4. The van der Waals surface area contributed by atoms with E-state index in [0.29, 0.717) is 5.56 Å². The second-order valence-electron chi connectivity index (χ2n) is 5.24. The summed E-state index contributed by atoms with van der Waals surface area (Å²) < 4.78 is 0. The molecular formula is C15H19NO2. The van der Waals surface area contributed by atoms with Crippen LogP contribution in [0.2, 0.25) is 0 Å². The third kappa shape index (κ3) is 2.78. The van der Waals surface area contributed by atoms with Crippen molar-refractivity contribution in [2.45, 2.75) is 32.6 Å². The standard InChI is InChI=1S/C15H19NO2/c1-15(9-5-6-10-15)14(18)16-11-13(17)12-7-3-2-4-8-12/h2-4,7-8H,5-6,9-11H2,1H3,(H,16,18). The SMILES string of the molecule is CC1(C(=O)NCC(=O)c2ccccc2)CCCC1. The minimum absolute atomic E-state index is 0.0179. The van der Waals surface area contributed by atoms with Gasteiger partial charge in [-0.3, -0.25) is 9.59 Å². The van der Waals surface area contributed by atoms with Gasteiger partial charge in [0, 0.05) is 11.0 Å². The fourth-order valence-electron chi connectivity index (χ4n) is 2.48. The summed E-state index contributed by atoms with van der Waals surface area (Å²) in [5.74, 6) is -0.0187. The average molecular weight is 245 g/mol. The molecular weight excluding hydrogens is 226 g/mol. The molecule has 0 bridgehead atoms. The third-order valence-electron chi connectivity index (χ3n) is 3.76. The predicted molar refractivity (Wildman–Crippen MR) is 70.4 cm³/mol. The zero-order valence-corrected chi connectivity index (χ0v) is 10.7. The lowest BCUT2D eigenvalue weighted by Gasteiger charge is -2.21. The summed E-state index contributed by atoms with van der Waals surface area (Å²) in [5, 5.41) is 2.77. The molecule has 0 heterocycles. The summed E-state index contributed by atoms with van der Waals surface area (Å²) in [7, 11) is 0. The van der Waals surface area contributed by atoms with E-state index in [4.69, 9.17) is 0 Å². The second kappa shape index (κ2) is 5.34. The Hall–Kier alpha value is -1.64. The van der Waals surface area contributed by atoms with Crippen molar-refractivity contribution in [3.8, 4) is 0 Å². The zero-order chi connectivity index (χ0) is 13.0. The Balaban J connectivity index is 1.88. The zero-order valence-electron chi connectivity index (χ0n) is 10.7. The maximum atomic E-state index is 12.0. The van der Waals surface area contributed by atoms with E-state index in [2.05, 4.69) is 5.32 Å². The molecule has 0 aliphatic heterocycles. The molecule has 0 saturated heterocycles. The van der Waals surface area contributed by atoms with Gasteiger partial charge in [0.25, 0.3) is 0 Å². The molecule has 1 aliphatic rings. The van der Waals surface area contributed by atoms with Crippen LogP contribution >= 0.6 is 0 Å². The van der Waals surface area contributed by atoms with Crippen LogP contribution in [-0.4, -0.2) is 18.2 Å². The lowest BCUT2D eigenvalue weighted by Crippen LogP contribution is -2.39. The van der Waals surface area contributed by atoms with Gasteiger partial charge in [-0.25, -0.2) is 0 Å². The molecule has 0 unspecified atom stereocenters. The Bertz CT molecular complexity index is 433. The van der Waals surface area contributed by atoms with Gasteiger partial charge >= 0.3 is 0 Å². The molecule has 1 aliphatic carbocycles. The van der Waals surface area contributed by atoms with E-state index in [9.17, 15) is 9.59 Å². The molecule has 1 amide bonds. The van der Waals surface area contributed by atoms with E-state index in [1.54, 1.807) is 12.1 Å². The highest BCUT2D eigenvalue weighted by molar-refractivity contribution is 5.99. The first kappa shape index (κ1) is 12.8. The van der Waals surface area contributed by atoms with Gasteiger partial charge in [0.05, 0.1) is 6.54 Å². The van der Waals surface area contributed by atoms with Crippen molar-refractivity contribution >= 4 is 11.7 Å². The maximum absolute atomic E-state index is 12.0. The molecule has 1 fully saturated rings. The van der Waals surface area contributed by atoms with Crippen LogP contribution in [0.25, 0.3) is 0 Å². The summed E-state index contributed by atoms with van der Waals surface area (Å²) in [6.45, 7) is 2.08. The van der Waals surface area contributed by atoms with Crippen molar-refractivity contribution in [1.29, 1.82) is 0 Å². The fraction of sp³-hybridized carbons (Fsp3) is 0.467. The first-order chi connectivity index (χ1) is 8.62. The van der Waals surface area contributed by atoms with Crippen LogP contribution in [0.1, 0.15) is 43.0 Å². The molecule has 3 nitrogen and oxygen atoms in total. The Morgan fingerprint density at radius 2 is 1.78 bits per heavy atom. The van der Waals surface area contributed by atoms with E-state index in [1.165, 1.54) is 0 Å². The number of carbonyl (C=O) groups is 2. The van der Waals surface area contributed by atoms with Crippen LogP contribution in [0, 0.1) is 5.41 Å². The number of hydrogen-bond donors (Lipinski definition) is 1. The van der Waals surface area contributed by atoms with Crippen LogP contribution in [0.5, 0.6) is 0 Å². The smallest absolute Gasteiger partial charge is 0.226 e. The molecule has 0 radical (unpaired) electrons. The van der Waals surface area contributed by atoms with Crippen LogP contribution in [-0.2, 0) is 4.79 Å². The molecule has 1 aromatic rings. The molecule has 0 aromatic heterocycles.